The zero-order chi connectivity index (χ0) is 17.8. The van der Waals surface area contributed by atoms with E-state index in [-0.39, 0.29) is 16.5 Å². The van der Waals surface area contributed by atoms with Crippen molar-refractivity contribution >= 4 is 25.5 Å². The standard InChI is InChI=1S/C15H19N3O4S2/c1-3-10-24(21,22)18-13-7-5-6-12(11-13)14-8-9-15(17-16-14)23(19,20)4-2/h5-9,11,18H,3-4,10H2,1-2H3. The first kappa shape index (κ1) is 18.3. The van der Waals surface area contributed by atoms with E-state index in [1.165, 1.54) is 13.0 Å². The van der Waals surface area contributed by atoms with E-state index in [2.05, 4.69) is 14.9 Å². The molecule has 0 saturated heterocycles. The van der Waals surface area contributed by atoms with Gasteiger partial charge in [-0.3, -0.25) is 4.72 Å². The Labute approximate surface area is 142 Å². The van der Waals surface area contributed by atoms with Gasteiger partial charge in [0, 0.05) is 11.3 Å². The molecular formula is C15H19N3O4S2. The van der Waals surface area contributed by atoms with Crippen LogP contribution in [0.3, 0.4) is 0 Å². The number of anilines is 1. The van der Waals surface area contributed by atoms with E-state index in [0.717, 1.165) is 0 Å². The summed E-state index contributed by atoms with van der Waals surface area (Å²) in [4.78, 5) is 0. The van der Waals surface area contributed by atoms with Crippen molar-refractivity contribution in [2.75, 3.05) is 16.2 Å². The van der Waals surface area contributed by atoms with E-state index >= 15 is 0 Å². The molecule has 2 aromatic rings. The molecule has 1 aromatic carbocycles. The SMILES string of the molecule is CCCS(=O)(=O)Nc1cccc(-c2ccc(S(=O)(=O)CC)nn2)c1. The van der Waals surface area contributed by atoms with Crippen molar-refractivity contribution in [1.29, 1.82) is 0 Å². The Morgan fingerprint density at radius 3 is 2.33 bits per heavy atom. The molecule has 24 heavy (non-hydrogen) atoms. The first-order valence-electron chi connectivity index (χ1n) is 7.45. The lowest BCUT2D eigenvalue weighted by atomic mass is 10.1. The van der Waals surface area contributed by atoms with Crippen molar-refractivity contribution < 1.29 is 16.8 Å². The molecule has 2 rings (SSSR count). The fourth-order valence-corrected chi connectivity index (χ4v) is 3.89. The van der Waals surface area contributed by atoms with Crippen molar-refractivity contribution in [3.05, 3.63) is 36.4 Å². The van der Waals surface area contributed by atoms with Crippen LogP contribution in [0.1, 0.15) is 20.3 Å². The highest BCUT2D eigenvalue weighted by atomic mass is 32.2. The highest BCUT2D eigenvalue weighted by Crippen LogP contribution is 2.22. The maximum atomic E-state index is 11.8. The summed E-state index contributed by atoms with van der Waals surface area (Å²) in [6.45, 7) is 3.33. The quantitative estimate of drug-likeness (QED) is 0.801. The van der Waals surface area contributed by atoms with Crippen LogP contribution in [0.2, 0.25) is 0 Å². The van der Waals surface area contributed by atoms with Crippen molar-refractivity contribution in [3.63, 3.8) is 0 Å². The number of benzene rings is 1. The first-order chi connectivity index (χ1) is 11.3. The summed E-state index contributed by atoms with van der Waals surface area (Å²) in [6.07, 6.45) is 0.522. The van der Waals surface area contributed by atoms with E-state index in [1.807, 2.05) is 0 Å². The average Bonchev–Trinajstić information content (AvgIpc) is 2.54. The summed E-state index contributed by atoms with van der Waals surface area (Å²) in [5.41, 5.74) is 1.52. The molecule has 0 aliphatic heterocycles. The Kier molecular flexibility index (Phi) is 5.55. The van der Waals surface area contributed by atoms with Crippen molar-refractivity contribution in [3.8, 4) is 11.3 Å². The molecule has 0 aliphatic rings. The fraction of sp³-hybridized carbons (Fsp3) is 0.333. The molecule has 0 bridgehead atoms. The van der Waals surface area contributed by atoms with Crippen LogP contribution in [0.25, 0.3) is 11.3 Å². The van der Waals surface area contributed by atoms with Gasteiger partial charge >= 0.3 is 0 Å². The first-order valence-corrected chi connectivity index (χ1v) is 10.8. The normalized spacial score (nSPS) is 12.1. The fourth-order valence-electron chi connectivity index (χ4n) is 2.03. The Morgan fingerprint density at radius 2 is 1.75 bits per heavy atom. The van der Waals surface area contributed by atoms with Crippen LogP contribution in [-0.2, 0) is 19.9 Å². The Balaban J connectivity index is 2.29. The molecule has 9 heteroatoms. The Hall–Kier alpha value is -2.00. The Morgan fingerprint density at radius 1 is 1.00 bits per heavy atom. The number of nitrogens with one attached hydrogen (secondary N) is 1. The third-order valence-electron chi connectivity index (χ3n) is 3.24. The Bertz CT molecular complexity index is 908. The second kappa shape index (κ2) is 7.27. The minimum atomic E-state index is -3.40. The molecule has 0 unspecified atom stereocenters. The van der Waals surface area contributed by atoms with Gasteiger partial charge in [0.1, 0.15) is 0 Å². The number of hydrogen-bond acceptors (Lipinski definition) is 6. The molecule has 1 N–H and O–H groups in total. The summed E-state index contributed by atoms with van der Waals surface area (Å²) in [5.74, 6) is -0.00364. The lowest BCUT2D eigenvalue weighted by Gasteiger charge is -2.08. The van der Waals surface area contributed by atoms with E-state index in [0.29, 0.717) is 23.4 Å². The van der Waals surface area contributed by atoms with Gasteiger partial charge in [-0.1, -0.05) is 26.0 Å². The zero-order valence-electron chi connectivity index (χ0n) is 13.4. The van der Waals surface area contributed by atoms with E-state index in [4.69, 9.17) is 0 Å². The summed E-state index contributed by atoms with van der Waals surface area (Å²) in [7, 11) is -6.78. The van der Waals surface area contributed by atoms with Gasteiger partial charge in [-0.15, -0.1) is 10.2 Å². The van der Waals surface area contributed by atoms with Gasteiger partial charge in [0.25, 0.3) is 0 Å². The molecular weight excluding hydrogens is 350 g/mol. The molecule has 7 nitrogen and oxygen atoms in total. The predicted octanol–water partition coefficient (Wildman–Crippen LogP) is 2.09. The average molecular weight is 369 g/mol. The topological polar surface area (TPSA) is 106 Å². The van der Waals surface area contributed by atoms with Crippen molar-refractivity contribution in [1.82, 2.24) is 10.2 Å². The smallest absolute Gasteiger partial charge is 0.232 e. The minimum absolute atomic E-state index is 0.0423. The monoisotopic (exact) mass is 369 g/mol. The highest BCUT2D eigenvalue weighted by Gasteiger charge is 2.14. The number of aromatic nitrogens is 2. The van der Waals surface area contributed by atoms with Gasteiger partial charge < -0.3 is 0 Å². The summed E-state index contributed by atoms with van der Waals surface area (Å²) in [6, 6.07) is 9.66. The molecule has 0 aliphatic carbocycles. The molecule has 1 heterocycles. The van der Waals surface area contributed by atoms with Crippen LogP contribution in [0.15, 0.2) is 41.4 Å². The molecule has 0 spiro atoms. The second-order valence-corrected chi connectivity index (χ2v) is 9.23. The number of sulfonamides is 1. The van der Waals surface area contributed by atoms with Crippen molar-refractivity contribution in [2.45, 2.75) is 25.3 Å². The predicted molar refractivity (Wildman–Crippen MR) is 92.9 cm³/mol. The van der Waals surface area contributed by atoms with Crippen LogP contribution >= 0.6 is 0 Å². The maximum absolute atomic E-state index is 11.8. The van der Waals surface area contributed by atoms with Gasteiger partial charge in [-0.2, -0.15) is 0 Å². The van der Waals surface area contributed by atoms with Gasteiger partial charge in [0.15, 0.2) is 14.9 Å². The minimum Gasteiger partial charge on any atom is -0.284 e. The number of nitrogens with zero attached hydrogens (tertiary/aromatic N) is 2. The van der Waals surface area contributed by atoms with Crippen LogP contribution < -0.4 is 4.72 Å². The lowest BCUT2D eigenvalue weighted by molar-refractivity contribution is 0.591. The molecule has 0 saturated carbocycles. The highest BCUT2D eigenvalue weighted by molar-refractivity contribution is 7.92. The lowest BCUT2D eigenvalue weighted by Crippen LogP contribution is -2.16. The van der Waals surface area contributed by atoms with Gasteiger partial charge in [0.05, 0.1) is 17.2 Å². The largest absolute Gasteiger partial charge is 0.284 e. The van der Waals surface area contributed by atoms with Crippen molar-refractivity contribution in [2.24, 2.45) is 0 Å². The van der Waals surface area contributed by atoms with E-state index < -0.39 is 19.9 Å². The second-order valence-electron chi connectivity index (χ2n) is 5.16. The molecule has 0 radical (unpaired) electrons. The van der Waals surface area contributed by atoms with Gasteiger partial charge in [0.2, 0.25) is 10.0 Å². The third kappa shape index (κ3) is 4.51. The van der Waals surface area contributed by atoms with Crippen LogP contribution in [0, 0.1) is 0 Å². The summed E-state index contributed by atoms with van der Waals surface area (Å²) < 4.78 is 49.6. The molecule has 0 amide bonds. The van der Waals surface area contributed by atoms with Gasteiger partial charge in [-0.05, 0) is 30.7 Å². The third-order valence-corrected chi connectivity index (χ3v) is 6.35. The van der Waals surface area contributed by atoms with Crippen LogP contribution in [-0.4, -0.2) is 38.5 Å². The van der Waals surface area contributed by atoms with Crippen LogP contribution in [0.4, 0.5) is 5.69 Å². The van der Waals surface area contributed by atoms with Crippen LogP contribution in [0.5, 0.6) is 0 Å². The molecule has 0 atom stereocenters. The number of sulfone groups is 1. The van der Waals surface area contributed by atoms with E-state index in [9.17, 15) is 16.8 Å². The number of rotatable bonds is 7. The zero-order valence-corrected chi connectivity index (χ0v) is 15.1. The molecule has 130 valence electrons. The molecule has 0 fully saturated rings. The molecule has 1 aromatic heterocycles. The maximum Gasteiger partial charge on any atom is 0.232 e. The number of hydrogen-bond donors (Lipinski definition) is 1. The van der Waals surface area contributed by atoms with Gasteiger partial charge in [-0.25, -0.2) is 16.8 Å². The summed E-state index contributed by atoms with van der Waals surface area (Å²) >= 11 is 0. The summed E-state index contributed by atoms with van der Waals surface area (Å²) in [5, 5.41) is 7.61. The van der Waals surface area contributed by atoms with E-state index in [1.54, 1.807) is 37.3 Å².